The summed E-state index contributed by atoms with van der Waals surface area (Å²) in [4.78, 5) is 38.6. The van der Waals surface area contributed by atoms with Crippen LogP contribution in [0.1, 0.15) is 43.4 Å². The molecule has 7 nitrogen and oxygen atoms in total. The number of urea groups is 1. The molecule has 1 N–H and O–H groups in total. The Hall–Kier alpha value is -2.05. The van der Waals surface area contributed by atoms with Crippen LogP contribution in [0.2, 0.25) is 0 Å². The van der Waals surface area contributed by atoms with Crippen LogP contribution in [-0.2, 0) is 12.8 Å². The average molecular weight is 345 g/mol. The predicted molar refractivity (Wildman–Crippen MR) is 96.1 cm³/mol. The van der Waals surface area contributed by atoms with Gasteiger partial charge in [-0.05, 0) is 44.9 Å². The van der Waals surface area contributed by atoms with Crippen LogP contribution in [0.25, 0.3) is 0 Å². The number of amides is 2. The number of carbonyl (C=O) groups excluding carboxylic acids is 1. The van der Waals surface area contributed by atoms with E-state index < -0.39 is 0 Å². The molecular formula is C18H27N5O2. The molecule has 1 aromatic rings. The van der Waals surface area contributed by atoms with Gasteiger partial charge in [-0.2, -0.15) is 0 Å². The first kappa shape index (κ1) is 16.4. The summed E-state index contributed by atoms with van der Waals surface area (Å²) in [5, 5.41) is 0. The van der Waals surface area contributed by atoms with Crippen LogP contribution in [0.5, 0.6) is 0 Å². The number of rotatable bonds is 1. The van der Waals surface area contributed by atoms with E-state index in [0.717, 1.165) is 76.0 Å². The highest BCUT2D eigenvalue weighted by Gasteiger charge is 2.27. The van der Waals surface area contributed by atoms with Crippen molar-refractivity contribution in [3.05, 3.63) is 21.6 Å². The van der Waals surface area contributed by atoms with Gasteiger partial charge in [0.25, 0.3) is 5.56 Å². The van der Waals surface area contributed by atoms with Crippen LogP contribution >= 0.6 is 0 Å². The van der Waals surface area contributed by atoms with Crippen molar-refractivity contribution in [2.45, 2.75) is 44.9 Å². The van der Waals surface area contributed by atoms with Crippen molar-refractivity contribution in [1.29, 1.82) is 0 Å². The number of aromatic nitrogens is 2. The quantitative estimate of drug-likeness (QED) is 0.834. The molecule has 4 rings (SSSR count). The van der Waals surface area contributed by atoms with Crippen molar-refractivity contribution in [2.75, 3.05) is 44.2 Å². The maximum absolute atomic E-state index is 12.6. The number of aromatic amines is 1. The molecule has 2 saturated heterocycles. The topological polar surface area (TPSA) is 72.5 Å². The lowest BCUT2D eigenvalue weighted by molar-refractivity contribution is 0.141. The number of anilines is 1. The van der Waals surface area contributed by atoms with E-state index in [9.17, 15) is 9.59 Å². The third kappa shape index (κ3) is 3.37. The van der Waals surface area contributed by atoms with Crippen LogP contribution in [-0.4, -0.2) is 65.1 Å². The standard InChI is InChI=1S/C18H27N5O2/c24-16-14-6-2-3-7-15(14)19-17(20-16)21-10-12-23(13-11-21)18(25)22-8-4-1-5-9-22/h1-13H2,(H,19,20,24). The number of hydrogen-bond acceptors (Lipinski definition) is 4. The number of H-pyrrole nitrogens is 1. The first-order valence-electron chi connectivity index (χ1n) is 9.63. The second-order valence-electron chi connectivity index (χ2n) is 7.33. The second-order valence-corrected chi connectivity index (χ2v) is 7.33. The van der Waals surface area contributed by atoms with Gasteiger partial charge in [-0.25, -0.2) is 9.78 Å². The van der Waals surface area contributed by atoms with Gasteiger partial charge in [-0.3, -0.25) is 9.78 Å². The summed E-state index contributed by atoms with van der Waals surface area (Å²) in [6.45, 7) is 4.60. The minimum absolute atomic E-state index is 0.0199. The maximum atomic E-state index is 12.6. The third-order valence-corrected chi connectivity index (χ3v) is 5.66. The van der Waals surface area contributed by atoms with Crippen LogP contribution in [0.4, 0.5) is 10.7 Å². The monoisotopic (exact) mass is 345 g/mol. The second kappa shape index (κ2) is 7.06. The normalized spacial score (nSPS) is 21.2. The Bertz CT molecular complexity index is 687. The number of hydrogen-bond donors (Lipinski definition) is 1. The van der Waals surface area contributed by atoms with Crippen molar-refractivity contribution < 1.29 is 4.79 Å². The van der Waals surface area contributed by atoms with Crippen molar-refractivity contribution in [3.63, 3.8) is 0 Å². The van der Waals surface area contributed by atoms with Gasteiger partial charge in [0, 0.05) is 44.8 Å². The van der Waals surface area contributed by atoms with Crippen LogP contribution in [0.15, 0.2) is 4.79 Å². The summed E-state index contributed by atoms with van der Waals surface area (Å²) in [7, 11) is 0. The molecular weight excluding hydrogens is 318 g/mol. The largest absolute Gasteiger partial charge is 0.339 e. The molecule has 0 unspecified atom stereocenters. The zero-order valence-corrected chi connectivity index (χ0v) is 14.8. The molecule has 0 aromatic carbocycles. The van der Waals surface area contributed by atoms with E-state index in [1.165, 1.54) is 6.42 Å². The van der Waals surface area contributed by atoms with E-state index >= 15 is 0 Å². The molecule has 0 spiro atoms. The smallest absolute Gasteiger partial charge is 0.320 e. The molecule has 2 amide bonds. The van der Waals surface area contributed by atoms with Crippen molar-refractivity contribution in [1.82, 2.24) is 19.8 Å². The predicted octanol–water partition coefficient (Wildman–Crippen LogP) is 1.38. The van der Waals surface area contributed by atoms with Gasteiger partial charge in [-0.15, -0.1) is 0 Å². The molecule has 25 heavy (non-hydrogen) atoms. The summed E-state index contributed by atoms with van der Waals surface area (Å²) in [5.41, 5.74) is 1.86. The highest BCUT2D eigenvalue weighted by atomic mass is 16.2. The number of piperidine rings is 1. The highest BCUT2D eigenvalue weighted by Crippen LogP contribution is 2.19. The van der Waals surface area contributed by atoms with Gasteiger partial charge in [0.2, 0.25) is 5.95 Å². The number of aryl methyl sites for hydroxylation is 1. The lowest BCUT2D eigenvalue weighted by atomic mass is 9.97. The molecule has 0 atom stereocenters. The summed E-state index contributed by atoms with van der Waals surface area (Å²) >= 11 is 0. The van der Waals surface area contributed by atoms with Gasteiger partial charge in [-0.1, -0.05) is 0 Å². The fraction of sp³-hybridized carbons (Fsp3) is 0.722. The lowest BCUT2D eigenvalue weighted by Crippen LogP contribution is -2.54. The van der Waals surface area contributed by atoms with E-state index in [4.69, 9.17) is 4.98 Å². The molecule has 0 radical (unpaired) electrons. The SMILES string of the molecule is O=C(N1CCCCC1)N1CCN(c2nc3c(c(=O)[nH]2)CCCC3)CC1. The average Bonchev–Trinajstić information content (AvgIpc) is 2.68. The summed E-state index contributed by atoms with van der Waals surface area (Å²) in [6.07, 6.45) is 7.40. The number of carbonyl (C=O) groups is 1. The Balaban J connectivity index is 1.41. The number of piperazine rings is 1. The zero-order chi connectivity index (χ0) is 17.2. The van der Waals surface area contributed by atoms with Gasteiger partial charge >= 0.3 is 6.03 Å². The van der Waals surface area contributed by atoms with Crippen molar-refractivity contribution in [3.8, 4) is 0 Å². The fourth-order valence-corrected chi connectivity index (χ4v) is 4.13. The molecule has 2 fully saturated rings. The first-order valence-corrected chi connectivity index (χ1v) is 9.63. The third-order valence-electron chi connectivity index (χ3n) is 5.66. The molecule has 0 bridgehead atoms. The minimum atomic E-state index is 0.0199. The summed E-state index contributed by atoms with van der Waals surface area (Å²) < 4.78 is 0. The van der Waals surface area contributed by atoms with Crippen molar-refractivity contribution >= 4 is 12.0 Å². The maximum Gasteiger partial charge on any atom is 0.320 e. The van der Waals surface area contributed by atoms with Crippen LogP contribution < -0.4 is 10.5 Å². The van der Waals surface area contributed by atoms with Crippen LogP contribution in [0, 0.1) is 0 Å². The first-order chi connectivity index (χ1) is 12.2. The molecule has 3 heterocycles. The van der Waals surface area contributed by atoms with Gasteiger partial charge in [0.05, 0.1) is 5.69 Å². The minimum Gasteiger partial charge on any atom is -0.339 e. The van der Waals surface area contributed by atoms with E-state index in [1.54, 1.807) is 0 Å². The van der Waals surface area contributed by atoms with Gasteiger partial charge in [0.15, 0.2) is 0 Å². The van der Waals surface area contributed by atoms with Crippen molar-refractivity contribution in [2.24, 2.45) is 0 Å². The molecule has 0 saturated carbocycles. The number of nitrogens with one attached hydrogen (secondary N) is 1. The summed E-state index contributed by atoms with van der Waals surface area (Å²) in [5.74, 6) is 0.677. The molecule has 2 aliphatic heterocycles. The number of nitrogens with zero attached hydrogens (tertiary/aromatic N) is 4. The Labute approximate surface area is 148 Å². The molecule has 136 valence electrons. The lowest BCUT2D eigenvalue weighted by Gasteiger charge is -2.38. The molecule has 1 aliphatic carbocycles. The zero-order valence-electron chi connectivity index (χ0n) is 14.8. The molecule has 1 aromatic heterocycles. The molecule has 7 heteroatoms. The highest BCUT2D eigenvalue weighted by molar-refractivity contribution is 5.74. The Morgan fingerprint density at radius 2 is 1.52 bits per heavy atom. The number of likely N-dealkylation sites (tertiary alicyclic amines) is 1. The van der Waals surface area contributed by atoms with Gasteiger partial charge in [0.1, 0.15) is 0 Å². The Kier molecular flexibility index (Phi) is 4.63. The van der Waals surface area contributed by atoms with E-state index in [-0.39, 0.29) is 11.6 Å². The molecule has 3 aliphatic rings. The fourth-order valence-electron chi connectivity index (χ4n) is 4.13. The van der Waals surface area contributed by atoms with E-state index in [1.807, 2.05) is 9.80 Å². The van der Waals surface area contributed by atoms with Gasteiger partial charge < -0.3 is 14.7 Å². The van der Waals surface area contributed by atoms with E-state index in [2.05, 4.69) is 9.88 Å². The summed E-state index contributed by atoms with van der Waals surface area (Å²) in [6, 6.07) is 0.172. The Morgan fingerprint density at radius 1 is 0.840 bits per heavy atom. The number of fused-ring (bicyclic) bond motifs is 1. The Morgan fingerprint density at radius 3 is 2.28 bits per heavy atom. The van der Waals surface area contributed by atoms with Crippen LogP contribution in [0.3, 0.4) is 0 Å². The van der Waals surface area contributed by atoms with E-state index in [0.29, 0.717) is 19.0 Å².